The summed E-state index contributed by atoms with van der Waals surface area (Å²) in [6.45, 7) is 11.2. The monoisotopic (exact) mass is 261 g/mol. The van der Waals surface area contributed by atoms with E-state index in [0.29, 0.717) is 12.1 Å². The van der Waals surface area contributed by atoms with Crippen LogP contribution in [0.15, 0.2) is 18.2 Å². The Hall–Kier alpha value is -1.18. The van der Waals surface area contributed by atoms with E-state index in [1.807, 2.05) is 0 Å². The van der Waals surface area contributed by atoms with Gasteiger partial charge in [0.05, 0.1) is 0 Å². The van der Waals surface area contributed by atoms with Crippen molar-refractivity contribution in [1.29, 1.82) is 0 Å². The quantitative estimate of drug-likeness (QED) is 0.827. The zero-order valence-electron chi connectivity index (χ0n) is 12.9. The van der Waals surface area contributed by atoms with Crippen LogP contribution in [0.25, 0.3) is 0 Å². The van der Waals surface area contributed by atoms with Crippen molar-refractivity contribution >= 4 is 5.69 Å². The largest absolute Gasteiger partial charge is 0.489 e. The smallest absolute Gasteiger partial charge is 0.123 e. The third-order valence-electron chi connectivity index (χ3n) is 4.02. The molecular weight excluding hydrogens is 234 g/mol. The molecule has 1 aliphatic rings. The third-order valence-corrected chi connectivity index (χ3v) is 4.02. The van der Waals surface area contributed by atoms with Gasteiger partial charge in [0, 0.05) is 22.7 Å². The molecule has 0 radical (unpaired) electrons. The number of ether oxygens (including phenoxy) is 1. The van der Waals surface area contributed by atoms with E-state index in [1.54, 1.807) is 0 Å². The van der Waals surface area contributed by atoms with E-state index in [9.17, 15) is 0 Å². The minimum atomic E-state index is 0.110. The molecule has 0 saturated heterocycles. The van der Waals surface area contributed by atoms with Crippen LogP contribution in [-0.4, -0.2) is 12.1 Å². The van der Waals surface area contributed by atoms with Crippen LogP contribution in [0, 0.1) is 0 Å². The van der Waals surface area contributed by atoms with Gasteiger partial charge in [0.25, 0.3) is 0 Å². The van der Waals surface area contributed by atoms with Crippen molar-refractivity contribution in [3.63, 3.8) is 0 Å². The second-order valence-electron chi connectivity index (χ2n) is 6.48. The van der Waals surface area contributed by atoms with Crippen molar-refractivity contribution in [2.45, 2.75) is 71.4 Å². The van der Waals surface area contributed by atoms with E-state index in [1.165, 1.54) is 24.1 Å². The van der Waals surface area contributed by atoms with E-state index in [4.69, 9.17) is 4.74 Å². The molecule has 1 aliphatic heterocycles. The van der Waals surface area contributed by atoms with Crippen molar-refractivity contribution in [3.8, 4) is 5.75 Å². The SMILES string of the molecule is CCCCC1Oc2ccc(NC(C)C)cc2C1(C)C. The minimum absolute atomic E-state index is 0.110. The predicted molar refractivity (Wildman–Crippen MR) is 82.2 cm³/mol. The van der Waals surface area contributed by atoms with Crippen LogP contribution in [0.4, 0.5) is 5.69 Å². The Balaban J connectivity index is 2.22. The first-order valence-electron chi connectivity index (χ1n) is 7.53. The minimum Gasteiger partial charge on any atom is -0.489 e. The van der Waals surface area contributed by atoms with E-state index in [0.717, 1.165) is 12.2 Å². The molecule has 0 fully saturated rings. The molecule has 2 rings (SSSR count). The van der Waals surface area contributed by atoms with E-state index < -0.39 is 0 Å². The summed E-state index contributed by atoms with van der Waals surface area (Å²) in [5.41, 5.74) is 2.65. The van der Waals surface area contributed by atoms with Gasteiger partial charge in [-0.15, -0.1) is 0 Å². The third kappa shape index (κ3) is 2.88. The topological polar surface area (TPSA) is 21.3 Å². The van der Waals surface area contributed by atoms with Gasteiger partial charge < -0.3 is 10.1 Å². The summed E-state index contributed by atoms with van der Waals surface area (Å²) < 4.78 is 6.16. The van der Waals surface area contributed by atoms with Crippen LogP contribution in [0.3, 0.4) is 0 Å². The van der Waals surface area contributed by atoms with Crippen molar-refractivity contribution in [2.75, 3.05) is 5.32 Å². The molecule has 2 heteroatoms. The molecule has 0 saturated carbocycles. The summed E-state index contributed by atoms with van der Waals surface area (Å²) >= 11 is 0. The zero-order valence-corrected chi connectivity index (χ0v) is 12.9. The Labute approximate surface area is 117 Å². The fourth-order valence-electron chi connectivity index (χ4n) is 2.84. The molecule has 1 aromatic carbocycles. The number of nitrogens with one attached hydrogen (secondary N) is 1. The first-order valence-corrected chi connectivity index (χ1v) is 7.53. The Bertz CT molecular complexity index is 437. The molecule has 1 N–H and O–H groups in total. The van der Waals surface area contributed by atoms with Crippen molar-refractivity contribution in [3.05, 3.63) is 23.8 Å². The molecule has 0 aromatic heterocycles. The lowest BCUT2D eigenvalue weighted by molar-refractivity contribution is 0.152. The molecule has 0 bridgehead atoms. The molecular formula is C17H27NO. The number of fused-ring (bicyclic) bond motifs is 1. The first kappa shape index (κ1) is 14.2. The zero-order chi connectivity index (χ0) is 14.0. The molecule has 1 aromatic rings. The highest BCUT2D eigenvalue weighted by molar-refractivity contribution is 5.56. The molecule has 1 heterocycles. The van der Waals surface area contributed by atoms with Gasteiger partial charge in [-0.3, -0.25) is 0 Å². The lowest BCUT2D eigenvalue weighted by Gasteiger charge is -2.26. The summed E-state index contributed by atoms with van der Waals surface area (Å²) in [7, 11) is 0. The number of benzene rings is 1. The summed E-state index contributed by atoms with van der Waals surface area (Å²) in [6.07, 6.45) is 3.92. The van der Waals surface area contributed by atoms with Crippen LogP contribution < -0.4 is 10.1 Å². The van der Waals surface area contributed by atoms with Gasteiger partial charge in [-0.1, -0.05) is 33.6 Å². The molecule has 0 spiro atoms. The Kier molecular flexibility index (Phi) is 4.07. The van der Waals surface area contributed by atoms with E-state index in [-0.39, 0.29) is 5.41 Å². The lowest BCUT2D eigenvalue weighted by atomic mass is 9.79. The Morgan fingerprint density at radius 3 is 2.68 bits per heavy atom. The van der Waals surface area contributed by atoms with Crippen LogP contribution >= 0.6 is 0 Å². The molecule has 2 nitrogen and oxygen atoms in total. The number of rotatable bonds is 5. The van der Waals surface area contributed by atoms with Gasteiger partial charge in [-0.05, 0) is 38.5 Å². The highest BCUT2D eigenvalue weighted by Crippen LogP contribution is 2.45. The average molecular weight is 261 g/mol. The summed E-state index contributed by atoms with van der Waals surface area (Å²) in [5, 5.41) is 3.47. The van der Waals surface area contributed by atoms with Gasteiger partial charge in [0.15, 0.2) is 0 Å². The maximum Gasteiger partial charge on any atom is 0.123 e. The van der Waals surface area contributed by atoms with Gasteiger partial charge >= 0.3 is 0 Å². The van der Waals surface area contributed by atoms with Crippen molar-refractivity contribution in [2.24, 2.45) is 0 Å². The van der Waals surface area contributed by atoms with Crippen molar-refractivity contribution < 1.29 is 4.74 Å². The Morgan fingerprint density at radius 1 is 1.32 bits per heavy atom. The van der Waals surface area contributed by atoms with Crippen LogP contribution in [0.5, 0.6) is 5.75 Å². The normalized spacial score (nSPS) is 20.2. The average Bonchev–Trinajstić information content (AvgIpc) is 2.58. The summed E-state index contributed by atoms with van der Waals surface area (Å²) in [6, 6.07) is 6.96. The van der Waals surface area contributed by atoms with Crippen LogP contribution in [0.2, 0.25) is 0 Å². The summed E-state index contributed by atoms with van der Waals surface area (Å²) in [4.78, 5) is 0. The van der Waals surface area contributed by atoms with E-state index >= 15 is 0 Å². The highest BCUT2D eigenvalue weighted by Gasteiger charge is 2.41. The predicted octanol–water partition coefficient (Wildman–Crippen LogP) is 4.74. The lowest BCUT2D eigenvalue weighted by Crippen LogP contribution is -2.32. The maximum absolute atomic E-state index is 6.16. The number of hydrogen-bond donors (Lipinski definition) is 1. The highest BCUT2D eigenvalue weighted by atomic mass is 16.5. The fourth-order valence-corrected chi connectivity index (χ4v) is 2.84. The van der Waals surface area contributed by atoms with Gasteiger partial charge in [0.1, 0.15) is 11.9 Å². The fraction of sp³-hybridized carbons (Fsp3) is 0.647. The van der Waals surface area contributed by atoms with Gasteiger partial charge in [0.2, 0.25) is 0 Å². The molecule has 19 heavy (non-hydrogen) atoms. The van der Waals surface area contributed by atoms with Crippen LogP contribution in [0.1, 0.15) is 59.4 Å². The van der Waals surface area contributed by atoms with Gasteiger partial charge in [-0.25, -0.2) is 0 Å². The van der Waals surface area contributed by atoms with Gasteiger partial charge in [-0.2, -0.15) is 0 Å². The van der Waals surface area contributed by atoms with E-state index in [2.05, 4.69) is 58.1 Å². The molecule has 106 valence electrons. The Morgan fingerprint density at radius 2 is 2.05 bits per heavy atom. The number of unbranched alkanes of at least 4 members (excludes halogenated alkanes) is 1. The number of hydrogen-bond acceptors (Lipinski definition) is 2. The molecule has 1 unspecified atom stereocenters. The van der Waals surface area contributed by atoms with Crippen molar-refractivity contribution in [1.82, 2.24) is 0 Å². The standard InChI is InChI=1S/C17H27NO/c1-6-7-8-16-17(4,5)14-11-13(18-12(2)3)9-10-15(14)19-16/h9-12,16,18H,6-8H2,1-5H3. The second-order valence-corrected chi connectivity index (χ2v) is 6.48. The van der Waals surface area contributed by atoms with Crippen LogP contribution in [-0.2, 0) is 5.41 Å². The number of anilines is 1. The molecule has 1 atom stereocenters. The molecule has 0 aliphatic carbocycles. The summed E-state index contributed by atoms with van der Waals surface area (Å²) in [5.74, 6) is 1.07. The molecule has 0 amide bonds. The first-order chi connectivity index (χ1) is 8.95. The second kappa shape index (κ2) is 5.44. The maximum atomic E-state index is 6.16.